The van der Waals surface area contributed by atoms with Gasteiger partial charge in [0.2, 0.25) is 5.91 Å². The molecule has 2 N–H and O–H groups in total. The Hall–Kier alpha value is -1.88. The molecule has 1 fully saturated rings. The van der Waals surface area contributed by atoms with Crippen molar-refractivity contribution in [3.8, 4) is 0 Å². The van der Waals surface area contributed by atoms with Crippen molar-refractivity contribution in [2.75, 3.05) is 10.6 Å². The first-order valence-electron chi connectivity index (χ1n) is 8.34. The van der Waals surface area contributed by atoms with Crippen molar-refractivity contribution < 1.29 is 4.79 Å². The molecule has 0 aromatic carbocycles. The highest BCUT2D eigenvalue weighted by atomic mass is 32.1. The Balaban J connectivity index is 1.51. The molecule has 0 radical (unpaired) electrons. The third kappa shape index (κ3) is 5.06. The number of carbonyl (C=O) groups is 1. The summed E-state index contributed by atoms with van der Waals surface area (Å²) in [6.45, 7) is 0. The van der Waals surface area contributed by atoms with Crippen LogP contribution in [0.4, 0.5) is 11.5 Å². The van der Waals surface area contributed by atoms with E-state index >= 15 is 0 Å². The van der Waals surface area contributed by atoms with E-state index in [1.54, 1.807) is 11.3 Å². The molecule has 3 rings (SSSR count). The van der Waals surface area contributed by atoms with Gasteiger partial charge in [-0.05, 0) is 36.4 Å². The van der Waals surface area contributed by atoms with Crippen LogP contribution in [0.5, 0.6) is 0 Å². The molecule has 1 saturated carbocycles. The molecule has 23 heavy (non-hydrogen) atoms. The maximum atomic E-state index is 12.0. The Labute approximate surface area is 141 Å². The molecule has 4 nitrogen and oxygen atoms in total. The lowest BCUT2D eigenvalue weighted by molar-refractivity contribution is -0.115. The van der Waals surface area contributed by atoms with Gasteiger partial charge in [-0.2, -0.15) is 0 Å². The molecule has 2 aromatic heterocycles. The molecule has 0 spiro atoms. The van der Waals surface area contributed by atoms with E-state index in [2.05, 4.69) is 15.6 Å². The second-order valence-corrected chi connectivity index (χ2v) is 7.10. The first-order valence-corrected chi connectivity index (χ1v) is 9.22. The standard InChI is InChI=1S/C18H23N3OS/c22-18(12-16-8-5-11-23-16)21-17-10-9-15(13-19-17)20-14-6-3-1-2-4-7-14/h5,8-11,13-14,20H,1-4,6-7,12H2,(H,19,21,22). The summed E-state index contributed by atoms with van der Waals surface area (Å²) in [4.78, 5) is 17.4. The third-order valence-electron chi connectivity index (χ3n) is 4.17. The van der Waals surface area contributed by atoms with Crippen molar-refractivity contribution in [3.63, 3.8) is 0 Å². The molecule has 0 bridgehead atoms. The van der Waals surface area contributed by atoms with E-state index in [0.29, 0.717) is 18.3 Å². The fourth-order valence-electron chi connectivity index (χ4n) is 2.97. The molecular weight excluding hydrogens is 306 g/mol. The highest BCUT2D eigenvalue weighted by Crippen LogP contribution is 2.21. The monoisotopic (exact) mass is 329 g/mol. The van der Waals surface area contributed by atoms with Gasteiger partial charge < -0.3 is 10.6 Å². The van der Waals surface area contributed by atoms with Crippen molar-refractivity contribution in [2.45, 2.75) is 51.0 Å². The summed E-state index contributed by atoms with van der Waals surface area (Å²) >= 11 is 1.59. The van der Waals surface area contributed by atoms with Gasteiger partial charge in [-0.15, -0.1) is 11.3 Å². The fourth-order valence-corrected chi connectivity index (χ4v) is 3.67. The molecule has 0 aliphatic heterocycles. The molecule has 2 heterocycles. The zero-order valence-corrected chi connectivity index (χ0v) is 14.1. The number of pyridine rings is 1. The average molecular weight is 329 g/mol. The van der Waals surface area contributed by atoms with Crippen LogP contribution >= 0.6 is 11.3 Å². The van der Waals surface area contributed by atoms with Gasteiger partial charge in [0.1, 0.15) is 5.82 Å². The lowest BCUT2D eigenvalue weighted by Gasteiger charge is -2.17. The van der Waals surface area contributed by atoms with Crippen LogP contribution in [-0.4, -0.2) is 16.9 Å². The lowest BCUT2D eigenvalue weighted by atomic mass is 10.1. The Morgan fingerprint density at radius 1 is 1.17 bits per heavy atom. The molecule has 1 amide bonds. The van der Waals surface area contributed by atoms with Crippen molar-refractivity contribution in [1.29, 1.82) is 0 Å². The highest BCUT2D eigenvalue weighted by Gasteiger charge is 2.12. The Bertz CT molecular complexity index is 602. The van der Waals surface area contributed by atoms with E-state index in [1.165, 1.54) is 38.5 Å². The molecule has 0 atom stereocenters. The first kappa shape index (κ1) is 16.0. The Morgan fingerprint density at radius 2 is 2.00 bits per heavy atom. The van der Waals surface area contributed by atoms with E-state index in [9.17, 15) is 4.79 Å². The topological polar surface area (TPSA) is 54.0 Å². The average Bonchev–Trinajstić information content (AvgIpc) is 2.91. The maximum absolute atomic E-state index is 12.0. The van der Waals surface area contributed by atoms with Gasteiger partial charge in [0.15, 0.2) is 0 Å². The number of carbonyl (C=O) groups excluding carboxylic acids is 1. The molecule has 1 aliphatic carbocycles. The summed E-state index contributed by atoms with van der Waals surface area (Å²) in [5.74, 6) is 0.586. The number of rotatable bonds is 5. The summed E-state index contributed by atoms with van der Waals surface area (Å²) in [5, 5.41) is 8.40. The fraction of sp³-hybridized carbons (Fsp3) is 0.444. The maximum Gasteiger partial charge on any atom is 0.230 e. The molecule has 0 unspecified atom stereocenters. The summed E-state index contributed by atoms with van der Waals surface area (Å²) in [6.07, 6.45) is 10.0. The molecule has 0 saturated heterocycles. The number of hydrogen-bond acceptors (Lipinski definition) is 4. The van der Waals surface area contributed by atoms with Crippen molar-refractivity contribution in [1.82, 2.24) is 4.98 Å². The van der Waals surface area contributed by atoms with Crippen LogP contribution in [0.2, 0.25) is 0 Å². The Kier molecular flexibility index (Phi) is 5.64. The minimum absolute atomic E-state index is 0.0237. The van der Waals surface area contributed by atoms with Crippen molar-refractivity contribution >= 4 is 28.7 Å². The van der Waals surface area contributed by atoms with Crippen LogP contribution in [0, 0.1) is 0 Å². The zero-order chi connectivity index (χ0) is 15.9. The van der Waals surface area contributed by atoms with E-state index in [-0.39, 0.29) is 5.91 Å². The number of amides is 1. The van der Waals surface area contributed by atoms with Crippen LogP contribution < -0.4 is 10.6 Å². The number of aromatic nitrogens is 1. The predicted molar refractivity (Wildman–Crippen MR) is 96.0 cm³/mol. The lowest BCUT2D eigenvalue weighted by Crippen LogP contribution is -2.18. The zero-order valence-electron chi connectivity index (χ0n) is 13.3. The minimum Gasteiger partial charge on any atom is -0.381 e. The summed E-state index contributed by atoms with van der Waals surface area (Å²) in [7, 11) is 0. The summed E-state index contributed by atoms with van der Waals surface area (Å²) in [6, 6.07) is 8.35. The number of nitrogens with zero attached hydrogens (tertiary/aromatic N) is 1. The van der Waals surface area contributed by atoms with Crippen LogP contribution in [0.25, 0.3) is 0 Å². The molecular formula is C18H23N3OS. The molecule has 2 aromatic rings. The number of anilines is 2. The van der Waals surface area contributed by atoms with Crippen molar-refractivity contribution in [3.05, 3.63) is 40.7 Å². The van der Waals surface area contributed by atoms with Gasteiger partial charge >= 0.3 is 0 Å². The van der Waals surface area contributed by atoms with Gasteiger partial charge in [0.05, 0.1) is 18.3 Å². The van der Waals surface area contributed by atoms with E-state index in [1.807, 2.05) is 35.8 Å². The normalized spacial score (nSPS) is 15.8. The minimum atomic E-state index is -0.0237. The van der Waals surface area contributed by atoms with E-state index in [0.717, 1.165) is 10.6 Å². The van der Waals surface area contributed by atoms with Gasteiger partial charge in [-0.25, -0.2) is 4.98 Å². The van der Waals surface area contributed by atoms with Crippen LogP contribution in [-0.2, 0) is 11.2 Å². The van der Waals surface area contributed by atoms with Gasteiger partial charge in [0.25, 0.3) is 0 Å². The number of nitrogens with one attached hydrogen (secondary N) is 2. The van der Waals surface area contributed by atoms with Crippen molar-refractivity contribution in [2.24, 2.45) is 0 Å². The second-order valence-electron chi connectivity index (χ2n) is 6.07. The number of thiophene rings is 1. The van der Waals surface area contributed by atoms with Crippen LogP contribution in [0.3, 0.4) is 0 Å². The van der Waals surface area contributed by atoms with E-state index < -0.39 is 0 Å². The molecule has 122 valence electrons. The third-order valence-corrected chi connectivity index (χ3v) is 5.05. The van der Waals surface area contributed by atoms with Gasteiger partial charge in [0, 0.05) is 10.9 Å². The SMILES string of the molecule is O=C(Cc1cccs1)Nc1ccc(NC2CCCCCC2)cn1. The van der Waals surface area contributed by atoms with Crippen LogP contribution in [0.1, 0.15) is 43.4 Å². The molecule has 5 heteroatoms. The smallest absolute Gasteiger partial charge is 0.230 e. The summed E-state index contributed by atoms with van der Waals surface area (Å²) in [5.41, 5.74) is 1.04. The second kappa shape index (κ2) is 8.11. The summed E-state index contributed by atoms with van der Waals surface area (Å²) < 4.78 is 0. The quantitative estimate of drug-likeness (QED) is 0.796. The van der Waals surface area contributed by atoms with Gasteiger partial charge in [-0.3, -0.25) is 4.79 Å². The first-order chi connectivity index (χ1) is 11.3. The number of hydrogen-bond donors (Lipinski definition) is 2. The predicted octanol–water partition coefficient (Wildman–Crippen LogP) is 4.46. The van der Waals surface area contributed by atoms with Crippen LogP contribution in [0.15, 0.2) is 35.8 Å². The Morgan fingerprint density at radius 3 is 2.65 bits per heavy atom. The van der Waals surface area contributed by atoms with E-state index in [4.69, 9.17) is 0 Å². The molecule has 1 aliphatic rings. The van der Waals surface area contributed by atoms with Gasteiger partial charge in [-0.1, -0.05) is 31.7 Å². The largest absolute Gasteiger partial charge is 0.381 e. The highest BCUT2D eigenvalue weighted by molar-refractivity contribution is 7.10.